The third kappa shape index (κ3) is 3.17. The smallest absolute Gasteiger partial charge is 0.330 e. The average molecular weight is 231 g/mol. The lowest BCUT2D eigenvalue weighted by Gasteiger charge is -2.27. The van der Waals surface area contributed by atoms with Crippen molar-refractivity contribution in [3.05, 3.63) is 47.5 Å². The van der Waals surface area contributed by atoms with Crippen molar-refractivity contribution in [3.63, 3.8) is 0 Å². The van der Waals surface area contributed by atoms with E-state index in [0.29, 0.717) is 0 Å². The van der Waals surface area contributed by atoms with Crippen LogP contribution in [-0.2, 0) is 22.5 Å². The Kier molecular flexibility index (Phi) is 3.94. The molecule has 3 heteroatoms. The first kappa shape index (κ1) is 11.9. The number of methoxy groups -OCH3 is 1. The summed E-state index contributed by atoms with van der Waals surface area (Å²) >= 11 is 0. The van der Waals surface area contributed by atoms with Crippen LogP contribution in [0.4, 0.5) is 0 Å². The zero-order chi connectivity index (χ0) is 12.1. The number of fused-ring (bicyclic) bond motifs is 1. The molecule has 17 heavy (non-hydrogen) atoms. The molecule has 0 radical (unpaired) electrons. The van der Waals surface area contributed by atoms with Gasteiger partial charge in [-0.15, -0.1) is 0 Å². The minimum absolute atomic E-state index is 0.289. The molecule has 1 aromatic rings. The highest BCUT2D eigenvalue weighted by Crippen LogP contribution is 2.17. The van der Waals surface area contributed by atoms with Crippen molar-refractivity contribution >= 4 is 5.97 Å². The second kappa shape index (κ2) is 5.64. The Hall–Kier alpha value is -1.61. The summed E-state index contributed by atoms with van der Waals surface area (Å²) < 4.78 is 4.55. The van der Waals surface area contributed by atoms with Crippen LogP contribution in [0, 0.1) is 0 Å². The van der Waals surface area contributed by atoms with Crippen molar-refractivity contribution in [1.29, 1.82) is 0 Å². The molecule has 0 unspecified atom stereocenters. The van der Waals surface area contributed by atoms with Crippen molar-refractivity contribution in [2.45, 2.75) is 13.0 Å². The first-order chi connectivity index (χ1) is 8.29. The molecule has 90 valence electrons. The Morgan fingerprint density at radius 3 is 2.94 bits per heavy atom. The number of carbonyl (C=O) groups is 1. The summed E-state index contributed by atoms with van der Waals surface area (Å²) in [5, 5.41) is 0. The van der Waals surface area contributed by atoms with Crippen molar-refractivity contribution in [2.75, 3.05) is 20.2 Å². The van der Waals surface area contributed by atoms with E-state index in [2.05, 4.69) is 33.9 Å². The van der Waals surface area contributed by atoms with Crippen LogP contribution in [-0.4, -0.2) is 31.1 Å². The monoisotopic (exact) mass is 231 g/mol. The van der Waals surface area contributed by atoms with E-state index in [1.165, 1.54) is 24.3 Å². The Labute approximate surface area is 102 Å². The first-order valence-electron chi connectivity index (χ1n) is 5.83. The number of esters is 1. The molecule has 0 saturated carbocycles. The average Bonchev–Trinajstić information content (AvgIpc) is 2.38. The molecule has 3 nitrogen and oxygen atoms in total. The van der Waals surface area contributed by atoms with Crippen LogP contribution in [0.3, 0.4) is 0 Å². The Morgan fingerprint density at radius 1 is 1.41 bits per heavy atom. The fourth-order valence-corrected chi connectivity index (χ4v) is 2.08. The van der Waals surface area contributed by atoms with Gasteiger partial charge in [0.15, 0.2) is 0 Å². The van der Waals surface area contributed by atoms with Gasteiger partial charge in [-0.25, -0.2) is 4.79 Å². The van der Waals surface area contributed by atoms with E-state index in [9.17, 15) is 4.79 Å². The van der Waals surface area contributed by atoms with Crippen LogP contribution in [0.25, 0.3) is 0 Å². The number of carbonyl (C=O) groups excluding carboxylic acids is 1. The van der Waals surface area contributed by atoms with Gasteiger partial charge in [0.2, 0.25) is 0 Å². The Bertz CT molecular complexity index is 426. The number of benzene rings is 1. The zero-order valence-electron chi connectivity index (χ0n) is 10.1. The van der Waals surface area contributed by atoms with Crippen LogP contribution in [0.5, 0.6) is 0 Å². The van der Waals surface area contributed by atoms with E-state index in [4.69, 9.17) is 0 Å². The van der Waals surface area contributed by atoms with E-state index >= 15 is 0 Å². The molecule has 0 amide bonds. The molecule has 0 spiro atoms. The summed E-state index contributed by atoms with van der Waals surface area (Å²) in [6.45, 7) is 2.80. The number of rotatable bonds is 3. The van der Waals surface area contributed by atoms with Crippen LogP contribution in [0.1, 0.15) is 11.1 Å². The SMILES string of the molecule is COC(=O)/C=C/CN1CCc2ccccc2C1. The molecule has 1 aromatic carbocycles. The van der Waals surface area contributed by atoms with Crippen molar-refractivity contribution in [1.82, 2.24) is 4.90 Å². The van der Waals surface area contributed by atoms with E-state index < -0.39 is 0 Å². The van der Waals surface area contributed by atoms with Gasteiger partial charge in [-0.2, -0.15) is 0 Å². The molecule has 0 N–H and O–H groups in total. The predicted molar refractivity (Wildman–Crippen MR) is 66.6 cm³/mol. The molecule has 0 bridgehead atoms. The van der Waals surface area contributed by atoms with Gasteiger partial charge in [0, 0.05) is 25.7 Å². The maximum Gasteiger partial charge on any atom is 0.330 e. The van der Waals surface area contributed by atoms with E-state index in [-0.39, 0.29) is 5.97 Å². The molecule has 1 aliphatic heterocycles. The third-order valence-corrected chi connectivity index (χ3v) is 3.03. The molecule has 2 rings (SSSR count). The predicted octanol–water partition coefficient (Wildman–Crippen LogP) is 1.77. The van der Waals surface area contributed by atoms with Gasteiger partial charge in [-0.05, 0) is 17.5 Å². The number of hydrogen-bond acceptors (Lipinski definition) is 3. The van der Waals surface area contributed by atoms with Gasteiger partial charge in [0.25, 0.3) is 0 Å². The van der Waals surface area contributed by atoms with E-state index in [0.717, 1.165) is 26.1 Å². The first-order valence-corrected chi connectivity index (χ1v) is 5.83. The fraction of sp³-hybridized carbons (Fsp3) is 0.357. The molecule has 0 aliphatic carbocycles. The maximum absolute atomic E-state index is 10.9. The van der Waals surface area contributed by atoms with Gasteiger partial charge in [-0.1, -0.05) is 30.3 Å². The number of hydrogen-bond donors (Lipinski definition) is 0. The highest BCUT2D eigenvalue weighted by atomic mass is 16.5. The largest absolute Gasteiger partial charge is 0.466 e. The lowest BCUT2D eigenvalue weighted by molar-refractivity contribution is -0.134. The summed E-state index contributed by atoms with van der Waals surface area (Å²) in [6.07, 6.45) is 4.43. The number of ether oxygens (including phenoxy) is 1. The molecule has 0 aromatic heterocycles. The maximum atomic E-state index is 10.9. The molecule has 0 fully saturated rings. The second-order valence-corrected chi connectivity index (χ2v) is 4.18. The highest BCUT2D eigenvalue weighted by Gasteiger charge is 2.13. The normalized spacial score (nSPS) is 15.8. The highest BCUT2D eigenvalue weighted by molar-refractivity contribution is 5.81. The van der Waals surface area contributed by atoms with E-state index in [1.54, 1.807) is 0 Å². The van der Waals surface area contributed by atoms with Gasteiger partial charge in [0.05, 0.1) is 7.11 Å². The minimum Gasteiger partial charge on any atom is -0.466 e. The van der Waals surface area contributed by atoms with Crippen LogP contribution in [0.15, 0.2) is 36.4 Å². The fourth-order valence-electron chi connectivity index (χ4n) is 2.08. The molecule has 1 heterocycles. The lowest BCUT2D eigenvalue weighted by atomic mass is 10.00. The summed E-state index contributed by atoms with van der Waals surface area (Å²) in [5.41, 5.74) is 2.84. The number of nitrogens with zero attached hydrogens (tertiary/aromatic N) is 1. The van der Waals surface area contributed by atoms with Gasteiger partial charge >= 0.3 is 5.97 Å². The summed E-state index contributed by atoms with van der Waals surface area (Å²) in [6, 6.07) is 8.53. The van der Waals surface area contributed by atoms with Crippen molar-refractivity contribution in [2.24, 2.45) is 0 Å². The van der Waals surface area contributed by atoms with Gasteiger partial charge < -0.3 is 4.74 Å². The van der Waals surface area contributed by atoms with E-state index in [1.807, 2.05) is 6.08 Å². The summed E-state index contributed by atoms with van der Waals surface area (Å²) in [4.78, 5) is 13.2. The van der Waals surface area contributed by atoms with Crippen LogP contribution in [0.2, 0.25) is 0 Å². The van der Waals surface area contributed by atoms with Crippen LogP contribution >= 0.6 is 0 Å². The van der Waals surface area contributed by atoms with Crippen molar-refractivity contribution in [3.8, 4) is 0 Å². The van der Waals surface area contributed by atoms with Crippen LogP contribution < -0.4 is 0 Å². The second-order valence-electron chi connectivity index (χ2n) is 4.18. The molecular formula is C14H17NO2. The molecule has 0 saturated heterocycles. The molecule has 1 aliphatic rings. The minimum atomic E-state index is -0.289. The lowest BCUT2D eigenvalue weighted by Crippen LogP contribution is -2.30. The van der Waals surface area contributed by atoms with Gasteiger partial charge in [-0.3, -0.25) is 4.90 Å². The standard InChI is InChI=1S/C14H17NO2/c1-17-14(16)7-4-9-15-10-8-12-5-2-3-6-13(12)11-15/h2-7H,8-11H2,1H3/b7-4+. The Morgan fingerprint density at radius 2 is 2.18 bits per heavy atom. The molecule has 0 atom stereocenters. The van der Waals surface area contributed by atoms with Gasteiger partial charge in [0.1, 0.15) is 0 Å². The quantitative estimate of drug-likeness (QED) is 0.586. The summed E-state index contributed by atoms with van der Waals surface area (Å²) in [5.74, 6) is -0.289. The van der Waals surface area contributed by atoms with Crippen molar-refractivity contribution < 1.29 is 9.53 Å². The molecular weight excluding hydrogens is 214 g/mol. The zero-order valence-corrected chi connectivity index (χ0v) is 10.1. The third-order valence-electron chi connectivity index (χ3n) is 3.03. The Balaban J connectivity index is 1.90. The topological polar surface area (TPSA) is 29.5 Å². The summed E-state index contributed by atoms with van der Waals surface area (Å²) in [7, 11) is 1.39.